The molecular formula is C14H26N2O3. The molecule has 2 saturated heterocycles. The van der Waals surface area contributed by atoms with Gasteiger partial charge in [-0.3, -0.25) is 9.69 Å². The van der Waals surface area contributed by atoms with Gasteiger partial charge in [0.15, 0.2) is 6.29 Å². The Bertz CT molecular complexity index is 290. The molecule has 2 fully saturated rings. The molecule has 0 bridgehead atoms. The van der Waals surface area contributed by atoms with Crippen molar-refractivity contribution < 1.29 is 14.3 Å². The highest BCUT2D eigenvalue weighted by atomic mass is 16.7. The van der Waals surface area contributed by atoms with Gasteiger partial charge in [-0.25, -0.2) is 0 Å². The topological polar surface area (TPSA) is 50.8 Å². The lowest BCUT2D eigenvalue weighted by atomic mass is 10.0. The van der Waals surface area contributed by atoms with Crippen molar-refractivity contribution in [1.29, 1.82) is 0 Å². The smallest absolute Gasteiger partial charge is 0.234 e. The van der Waals surface area contributed by atoms with Gasteiger partial charge in [-0.1, -0.05) is 20.3 Å². The van der Waals surface area contributed by atoms with Crippen LogP contribution in [0.1, 0.15) is 33.1 Å². The summed E-state index contributed by atoms with van der Waals surface area (Å²) in [5.74, 6) is 0.598. The van der Waals surface area contributed by atoms with E-state index in [0.29, 0.717) is 25.7 Å². The Hall–Kier alpha value is -0.650. The number of likely N-dealkylation sites (tertiary alicyclic amines) is 1. The molecule has 19 heavy (non-hydrogen) atoms. The van der Waals surface area contributed by atoms with Crippen LogP contribution in [0.15, 0.2) is 0 Å². The van der Waals surface area contributed by atoms with Crippen LogP contribution in [0, 0.1) is 5.92 Å². The van der Waals surface area contributed by atoms with Gasteiger partial charge in [-0.15, -0.1) is 0 Å². The first-order valence-electron chi connectivity index (χ1n) is 7.41. The number of nitrogens with one attached hydrogen (secondary N) is 1. The predicted octanol–water partition coefficient (Wildman–Crippen LogP) is 0.986. The summed E-state index contributed by atoms with van der Waals surface area (Å²) in [4.78, 5) is 14.2. The molecule has 0 aromatic rings. The van der Waals surface area contributed by atoms with Crippen LogP contribution in [0.4, 0.5) is 0 Å². The van der Waals surface area contributed by atoms with Gasteiger partial charge in [0.1, 0.15) is 0 Å². The summed E-state index contributed by atoms with van der Waals surface area (Å²) in [7, 11) is 0. The number of rotatable bonds is 5. The van der Waals surface area contributed by atoms with Gasteiger partial charge in [0.05, 0.1) is 25.8 Å². The fourth-order valence-electron chi connectivity index (χ4n) is 2.68. The molecule has 0 aromatic heterocycles. The summed E-state index contributed by atoms with van der Waals surface area (Å²) < 4.78 is 11.2. The molecule has 0 saturated carbocycles. The van der Waals surface area contributed by atoms with E-state index in [0.717, 1.165) is 25.9 Å². The standard InChI is InChI=1S/C14H26N2O3/c1-11(2)9-15-13(17)10-16-6-4-3-5-12(16)14-18-7-8-19-14/h11-12,14H,3-10H2,1-2H3,(H,15,17). The van der Waals surface area contributed by atoms with Crippen molar-refractivity contribution in [3.63, 3.8) is 0 Å². The zero-order valence-corrected chi connectivity index (χ0v) is 12.1. The third kappa shape index (κ3) is 4.44. The van der Waals surface area contributed by atoms with Crippen LogP contribution in [0.3, 0.4) is 0 Å². The molecule has 1 N–H and O–H groups in total. The maximum absolute atomic E-state index is 11.9. The number of hydrogen-bond donors (Lipinski definition) is 1. The lowest BCUT2D eigenvalue weighted by Crippen LogP contribution is -2.51. The van der Waals surface area contributed by atoms with E-state index in [1.807, 2.05) is 0 Å². The molecule has 2 aliphatic rings. The second kappa shape index (κ2) is 7.22. The predicted molar refractivity (Wildman–Crippen MR) is 72.8 cm³/mol. The van der Waals surface area contributed by atoms with E-state index in [-0.39, 0.29) is 18.2 Å². The van der Waals surface area contributed by atoms with E-state index in [2.05, 4.69) is 24.1 Å². The molecule has 0 spiro atoms. The highest BCUT2D eigenvalue weighted by Gasteiger charge is 2.34. The van der Waals surface area contributed by atoms with Crippen molar-refractivity contribution in [2.24, 2.45) is 5.92 Å². The van der Waals surface area contributed by atoms with Crippen LogP contribution >= 0.6 is 0 Å². The van der Waals surface area contributed by atoms with Crippen LogP contribution in [0.5, 0.6) is 0 Å². The third-order valence-corrected chi connectivity index (χ3v) is 3.68. The van der Waals surface area contributed by atoms with Crippen molar-refractivity contribution in [3.05, 3.63) is 0 Å². The second-order valence-electron chi connectivity index (χ2n) is 5.84. The Labute approximate surface area is 115 Å². The summed E-state index contributed by atoms with van der Waals surface area (Å²) >= 11 is 0. The Kier molecular flexibility index (Phi) is 5.60. The molecule has 110 valence electrons. The highest BCUT2D eigenvalue weighted by molar-refractivity contribution is 5.78. The molecule has 2 aliphatic heterocycles. The average molecular weight is 270 g/mol. The molecule has 2 rings (SSSR count). The summed E-state index contributed by atoms with van der Waals surface area (Å²) in [5, 5.41) is 2.98. The first-order chi connectivity index (χ1) is 9.16. The molecule has 2 heterocycles. The van der Waals surface area contributed by atoms with E-state index >= 15 is 0 Å². The summed E-state index contributed by atoms with van der Waals surface area (Å²) in [6, 6.07) is 0.237. The van der Waals surface area contributed by atoms with Crippen LogP contribution in [-0.4, -0.2) is 56.0 Å². The van der Waals surface area contributed by atoms with Gasteiger partial charge >= 0.3 is 0 Å². The molecule has 1 amide bonds. The number of piperidine rings is 1. The SMILES string of the molecule is CC(C)CNC(=O)CN1CCCCC1C1OCCO1. The fraction of sp³-hybridized carbons (Fsp3) is 0.929. The number of hydrogen-bond acceptors (Lipinski definition) is 4. The van der Waals surface area contributed by atoms with Crippen LogP contribution in [0.2, 0.25) is 0 Å². The molecule has 0 aromatic carbocycles. The summed E-state index contributed by atoms with van der Waals surface area (Å²) in [6.45, 7) is 7.72. The van der Waals surface area contributed by atoms with Gasteiger partial charge in [0, 0.05) is 6.54 Å². The number of ether oxygens (including phenoxy) is 2. The first-order valence-corrected chi connectivity index (χ1v) is 7.41. The first kappa shape index (κ1) is 14.8. The van der Waals surface area contributed by atoms with Crippen molar-refractivity contribution in [1.82, 2.24) is 10.2 Å². The van der Waals surface area contributed by atoms with Crippen molar-refractivity contribution >= 4 is 5.91 Å². The number of amides is 1. The van der Waals surface area contributed by atoms with Gasteiger partial charge in [0.25, 0.3) is 0 Å². The third-order valence-electron chi connectivity index (χ3n) is 3.68. The minimum atomic E-state index is -0.141. The molecular weight excluding hydrogens is 244 g/mol. The van der Waals surface area contributed by atoms with Crippen molar-refractivity contribution in [2.45, 2.75) is 45.4 Å². The Balaban J connectivity index is 1.83. The zero-order valence-electron chi connectivity index (χ0n) is 12.1. The van der Waals surface area contributed by atoms with Gasteiger partial charge in [-0.2, -0.15) is 0 Å². The molecule has 0 radical (unpaired) electrons. The second-order valence-corrected chi connectivity index (χ2v) is 5.84. The number of carbonyl (C=O) groups excluding carboxylic acids is 1. The van der Waals surface area contributed by atoms with Gasteiger partial charge in [-0.05, 0) is 25.3 Å². The van der Waals surface area contributed by atoms with Crippen LogP contribution in [-0.2, 0) is 14.3 Å². The van der Waals surface area contributed by atoms with Crippen LogP contribution in [0.25, 0.3) is 0 Å². The minimum absolute atomic E-state index is 0.110. The van der Waals surface area contributed by atoms with E-state index in [1.54, 1.807) is 0 Å². The van der Waals surface area contributed by atoms with Crippen molar-refractivity contribution in [2.75, 3.05) is 32.8 Å². The maximum atomic E-state index is 11.9. The minimum Gasteiger partial charge on any atom is -0.355 e. The number of nitrogens with zero attached hydrogens (tertiary/aromatic N) is 1. The normalized spacial score (nSPS) is 25.9. The molecule has 5 heteroatoms. The summed E-state index contributed by atoms with van der Waals surface area (Å²) in [6.07, 6.45) is 3.26. The summed E-state index contributed by atoms with van der Waals surface area (Å²) in [5.41, 5.74) is 0. The molecule has 0 aliphatic carbocycles. The Morgan fingerprint density at radius 2 is 2.05 bits per heavy atom. The van der Waals surface area contributed by atoms with Gasteiger partial charge in [0.2, 0.25) is 5.91 Å². The van der Waals surface area contributed by atoms with Crippen LogP contribution < -0.4 is 5.32 Å². The van der Waals surface area contributed by atoms with Crippen molar-refractivity contribution in [3.8, 4) is 0 Å². The largest absolute Gasteiger partial charge is 0.355 e. The van der Waals surface area contributed by atoms with E-state index in [9.17, 15) is 4.79 Å². The van der Waals surface area contributed by atoms with E-state index < -0.39 is 0 Å². The van der Waals surface area contributed by atoms with E-state index in [4.69, 9.17) is 9.47 Å². The number of carbonyl (C=O) groups is 1. The fourth-order valence-corrected chi connectivity index (χ4v) is 2.68. The maximum Gasteiger partial charge on any atom is 0.234 e. The average Bonchev–Trinajstić information content (AvgIpc) is 2.91. The van der Waals surface area contributed by atoms with E-state index in [1.165, 1.54) is 6.42 Å². The highest BCUT2D eigenvalue weighted by Crippen LogP contribution is 2.23. The Morgan fingerprint density at radius 3 is 2.74 bits per heavy atom. The lowest BCUT2D eigenvalue weighted by Gasteiger charge is -2.37. The monoisotopic (exact) mass is 270 g/mol. The Morgan fingerprint density at radius 1 is 1.32 bits per heavy atom. The molecule has 1 unspecified atom stereocenters. The molecule has 5 nitrogen and oxygen atoms in total. The quantitative estimate of drug-likeness (QED) is 0.809. The lowest BCUT2D eigenvalue weighted by molar-refractivity contribution is -0.131. The zero-order chi connectivity index (χ0) is 13.7. The molecule has 1 atom stereocenters. The van der Waals surface area contributed by atoms with Gasteiger partial charge < -0.3 is 14.8 Å².